The Balaban J connectivity index is 2.49. The molecule has 0 unspecified atom stereocenters. The van der Waals surface area contributed by atoms with Gasteiger partial charge in [0.1, 0.15) is 6.07 Å². The number of benzene rings is 1. The van der Waals surface area contributed by atoms with E-state index in [2.05, 4.69) is 10.2 Å². The minimum absolute atomic E-state index is 0.0932. The van der Waals surface area contributed by atoms with Crippen LogP contribution in [0.25, 0.3) is 17.3 Å². The standard InChI is InChI=1S/C19H21N3O3/c1-19(2,3)18(23)13(10-20)8-14-11-21-22-17(14)12-6-7-15(24-4)16(9-12)25-5/h6-9,11H,1-5H3,(H,21,22)/b13-8-. The summed E-state index contributed by atoms with van der Waals surface area (Å²) < 4.78 is 10.6. The van der Waals surface area contributed by atoms with Gasteiger partial charge in [-0.05, 0) is 24.3 Å². The van der Waals surface area contributed by atoms with Crippen molar-refractivity contribution in [2.45, 2.75) is 20.8 Å². The van der Waals surface area contributed by atoms with Gasteiger partial charge in [-0.3, -0.25) is 9.89 Å². The average molecular weight is 339 g/mol. The molecule has 25 heavy (non-hydrogen) atoms. The van der Waals surface area contributed by atoms with Crippen LogP contribution in [-0.2, 0) is 4.79 Å². The van der Waals surface area contributed by atoms with Gasteiger partial charge in [0.05, 0.1) is 31.7 Å². The Kier molecular flexibility index (Phi) is 5.28. The lowest BCUT2D eigenvalue weighted by atomic mass is 9.86. The van der Waals surface area contributed by atoms with E-state index in [1.165, 1.54) is 0 Å². The Bertz CT molecular complexity index is 852. The predicted molar refractivity (Wildman–Crippen MR) is 95.2 cm³/mol. The van der Waals surface area contributed by atoms with Crippen molar-refractivity contribution < 1.29 is 14.3 Å². The first-order valence-electron chi connectivity index (χ1n) is 7.74. The summed E-state index contributed by atoms with van der Waals surface area (Å²) >= 11 is 0. The molecular weight excluding hydrogens is 318 g/mol. The summed E-state index contributed by atoms with van der Waals surface area (Å²) in [6.45, 7) is 5.35. The molecule has 130 valence electrons. The van der Waals surface area contributed by atoms with E-state index in [1.54, 1.807) is 59.4 Å². The van der Waals surface area contributed by atoms with Crippen LogP contribution in [0.3, 0.4) is 0 Å². The van der Waals surface area contributed by atoms with Gasteiger partial charge in [0.2, 0.25) is 0 Å². The first-order chi connectivity index (χ1) is 11.8. The second-order valence-corrected chi connectivity index (χ2v) is 6.52. The van der Waals surface area contributed by atoms with E-state index in [0.29, 0.717) is 22.8 Å². The number of allylic oxidation sites excluding steroid dienone is 1. The molecule has 0 aliphatic heterocycles. The van der Waals surface area contributed by atoms with Crippen LogP contribution in [0.5, 0.6) is 11.5 Å². The number of rotatable bonds is 5. The number of Topliss-reactive ketones (excluding diaryl/α,β-unsaturated/α-hetero) is 1. The van der Waals surface area contributed by atoms with Gasteiger partial charge < -0.3 is 9.47 Å². The summed E-state index contributed by atoms with van der Waals surface area (Å²) in [5.41, 5.74) is 1.61. The molecule has 0 radical (unpaired) electrons. The number of hydrogen-bond acceptors (Lipinski definition) is 5. The summed E-state index contributed by atoms with van der Waals surface area (Å²) in [6, 6.07) is 7.43. The fourth-order valence-electron chi connectivity index (χ4n) is 2.34. The molecule has 0 fully saturated rings. The van der Waals surface area contributed by atoms with E-state index in [1.807, 2.05) is 12.1 Å². The highest BCUT2D eigenvalue weighted by molar-refractivity contribution is 6.06. The molecule has 0 atom stereocenters. The molecule has 2 aromatic rings. The Morgan fingerprint density at radius 1 is 1.24 bits per heavy atom. The van der Waals surface area contributed by atoms with Crippen LogP contribution < -0.4 is 9.47 Å². The zero-order chi connectivity index (χ0) is 18.6. The van der Waals surface area contributed by atoms with Crippen molar-refractivity contribution in [2.24, 2.45) is 5.41 Å². The Morgan fingerprint density at radius 3 is 2.48 bits per heavy atom. The Morgan fingerprint density at radius 2 is 1.92 bits per heavy atom. The second kappa shape index (κ2) is 7.22. The predicted octanol–water partition coefficient (Wildman–Crippen LogP) is 3.62. The molecule has 0 bridgehead atoms. The summed E-state index contributed by atoms with van der Waals surface area (Å²) in [5, 5.41) is 16.3. The highest BCUT2D eigenvalue weighted by Gasteiger charge is 2.25. The lowest BCUT2D eigenvalue weighted by Gasteiger charge is -2.15. The molecule has 0 aliphatic rings. The molecule has 1 aromatic heterocycles. The maximum absolute atomic E-state index is 12.4. The van der Waals surface area contributed by atoms with Crippen LogP contribution in [0, 0.1) is 16.7 Å². The quantitative estimate of drug-likeness (QED) is 0.664. The topological polar surface area (TPSA) is 88.0 Å². The van der Waals surface area contributed by atoms with Crippen LogP contribution >= 0.6 is 0 Å². The number of hydrogen-bond donors (Lipinski definition) is 1. The molecule has 1 N–H and O–H groups in total. The number of ketones is 1. The van der Waals surface area contributed by atoms with Gasteiger partial charge in [0.25, 0.3) is 0 Å². The summed E-state index contributed by atoms with van der Waals surface area (Å²) in [6.07, 6.45) is 3.14. The third kappa shape index (κ3) is 3.89. The number of nitrogens with zero attached hydrogens (tertiary/aromatic N) is 2. The Hall–Kier alpha value is -3.07. The number of ether oxygens (including phenoxy) is 2. The first-order valence-corrected chi connectivity index (χ1v) is 7.74. The van der Waals surface area contributed by atoms with Crippen LogP contribution in [0.15, 0.2) is 30.0 Å². The van der Waals surface area contributed by atoms with Crippen LogP contribution in [0.4, 0.5) is 0 Å². The number of nitrogens with one attached hydrogen (secondary N) is 1. The van der Waals surface area contributed by atoms with E-state index in [4.69, 9.17) is 9.47 Å². The van der Waals surface area contributed by atoms with Crippen LogP contribution in [0.1, 0.15) is 26.3 Å². The van der Waals surface area contributed by atoms with E-state index < -0.39 is 5.41 Å². The SMILES string of the molecule is COc1ccc(-c2[nH]ncc2/C=C(/C#N)C(=O)C(C)(C)C)cc1OC. The highest BCUT2D eigenvalue weighted by Crippen LogP contribution is 2.33. The number of nitriles is 1. The van der Waals surface area contributed by atoms with Gasteiger partial charge in [-0.1, -0.05) is 20.8 Å². The van der Waals surface area contributed by atoms with Crippen molar-refractivity contribution >= 4 is 11.9 Å². The van der Waals surface area contributed by atoms with Gasteiger partial charge >= 0.3 is 0 Å². The normalized spacial score (nSPS) is 11.8. The highest BCUT2D eigenvalue weighted by atomic mass is 16.5. The molecule has 0 saturated carbocycles. The maximum Gasteiger partial charge on any atom is 0.178 e. The average Bonchev–Trinajstić information content (AvgIpc) is 3.05. The van der Waals surface area contributed by atoms with Crippen LogP contribution in [-0.4, -0.2) is 30.2 Å². The molecule has 2 rings (SSSR count). The molecule has 6 heteroatoms. The van der Waals surface area contributed by atoms with Crippen molar-refractivity contribution in [3.05, 3.63) is 35.5 Å². The number of methoxy groups -OCH3 is 2. The number of carbonyl (C=O) groups is 1. The van der Waals surface area contributed by atoms with Gasteiger partial charge in [-0.25, -0.2) is 0 Å². The van der Waals surface area contributed by atoms with Crippen molar-refractivity contribution in [2.75, 3.05) is 14.2 Å². The largest absolute Gasteiger partial charge is 0.493 e. The molecule has 6 nitrogen and oxygen atoms in total. The van der Waals surface area contributed by atoms with Crippen molar-refractivity contribution in [3.8, 4) is 28.8 Å². The van der Waals surface area contributed by atoms with Gasteiger partial charge in [-0.2, -0.15) is 10.4 Å². The van der Waals surface area contributed by atoms with Gasteiger partial charge in [-0.15, -0.1) is 0 Å². The molecule has 0 amide bonds. The zero-order valence-corrected chi connectivity index (χ0v) is 15.0. The number of aromatic amines is 1. The summed E-state index contributed by atoms with van der Waals surface area (Å²) in [5.74, 6) is 0.980. The molecular formula is C19H21N3O3. The summed E-state index contributed by atoms with van der Waals surface area (Å²) in [7, 11) is 3.13. The van der Waals surface area contributed by atoms with Crippen molar-refractivity contribution in [1.29, 1.82) is 5.26 Å². The minimum Gasteiger partial charge on any atom is -0.493 e. The number of aromatic nitrogens is 2. The monoisotopic (exact) mass is 339 g/mol. The lowest BCUT2D eigenvalue weighted by Crippen LogP contribution is -2.21. The van der Waals surface area contributed by atoms with Crippen molar-refractivity contribution in [3.63, 3.8) is 0 Å². The van der Waals surface area contributed by atoms with Gasteiger partial charge in [0.15, 0.2) is 17.3 Å². The number of H-pyrrole nitrogens is 1. The molecule has 1 aromatic carbocycles. The Labute approximate surface area is 147 Å². The fraction of sp³-hybridized carbons (Fsp3) is 0.316. The first kappa shape index (κ1) is 18.3. The fourth-order valence-corrected chi connectivity index (χ4v) is 2.34. The molecule has 1 heterocycles. The molecule has 0 saturated heterocycles. The number of carbonyl (C=O) groups excluding carboxylic acids is 1. The maximum atomic E-state index is 12.4. The van der Waals surface area contributed by atoms with Crippen LogP contribution in [0.2, 0.25) is 0 Å². The zero-order valence-electron chi connectivity index (χ0n) is 15.0. The smallest absolute Gasteiger partial charge is 0.178 e. The minimum atomic E-state index is -0.630. The summed E-state index contributed by atoms with van der Waals surface area (Å²) in [4.78, 5) is 12.4. The molecule has 0 spiro atoms. The van der Waals surface area contributed by atoms with E-state index >= 15 is 0 Å². The third-order valence-corrected chi connectivity index (χ3v) is 3.69. The van der Waals surface area contributed by atoms with E-state index in [0.717, 1.165) is 5.56 Å². The third-order valence-electron chi connectivity index (χ3n) is 3.69. The van der Waals surface area contributed by atoms with E-state index in [-0.39, 0.29) is 11.4 Å². The lowest BCUT2D eigenvalue weighted by molar-refractivity contribution is -0.121. The van der Waals surface area contributed by atoms with Crippen molar-refractivity contribution in [1.82, 2.24) is 10.2 Å². The second-order valence-electron chi connectivity index (χ2n) is 6.52. The van der Waals surface area contributed by atoms with E-state index in [9.17, 15) is 10.1 Å². The van der Waals surface area contributed by atoms with Gasteiger partial charge in [0, 0.05) is 16.5 Å². The molecule has 0 aliphatic carbocycles.